The number of rotatable bonds is 6. The lowest BCUT2D eigenvalue weighted by Gasteiger charge is -2.05. The Labute approximate surface area is 94.7 Å². The van der Waals surface area contributed by atoms with Gasteiger partial charge in [0.2, 0.25) is 10.0 Å². The topological polar surface area (TPSA) is 72.2 Å². The lowest BCUT2D eigenvalue weighted by molar-refractivity contribution is 0.578. The number of benzene rings is 1. The van der Waals surface area contributed by atoms with Gasteiger partial charge in [-0.1, -0.05) is 12.1 Å². The summed E-state index contributed by atoms with van der Waals surface area (Å²) in [5, 5.41) is 0. The van der Waals surface area contributed by atoms with Gasteiger partial charge in [-0.25, -0.2) is 17.5 Å². The molecule has 3 N–H and O–H groups in total. The molecule has 0 atom stereocenters. The molecule has 0 radical (unpaired) electrons. The Morgan fingerprint density at radius 3 is 2.44 bits per heavy atom. The van der Waals surface area contributed by atoms with Crippen LogP contribution in [0, 0.1) is 5.82 Å². The van der Waals surface area contributed by atoms with E-state index in [2.05, 4.69) is 4.72 Å². The number of hydrogen-bond acceptors (Lipinski definition) is 3. The Bertz CT molecular complexity index is 417. The van der Waals surface area contributed by atoms with E-state index in [0.29, 0.717) is 13.0 Å². The summed E-state index contributed by atoms with van der Waals surface area (Å²) in [7, 11) is -3.28. The minimum Gasteiger partial charge on any atom is -0.330 e. The van der Waals surface area contributed by atoms with Crippen LogP contribution in [0.3, 0.4) is 0 Å². The summed E-state index contributed by atoms with van der Waals surface area (Å²) < 4.78 is 37.8. The maximum absolute atomic E-state index is 12.6. The molecule has 0 spiro atoms. The van der Waals surface area contributed by atoms with E-state index in [0.717, 1.165) is 5.56 Å². The van der Waals surface area contributed by atoms with Gasteiger partial charge in [-0.15, -0.1) is 0 Å². The van der Waals surface area contributed by atoms with Crippen molar-refractivity contribution in [3.63, 3.8) is 0 Å². The Morgan fingerprint density at radius 2 is 1.88 bits per heavy atom. The third kappa shape index (κ3) is 4.69. The van der Waals surface area contributed by atoms with Gasteiger partial charge < -0.3 is 5.73 Å². The van der Waals surface area contributed by atoms with Crippen LogP contribution in [0.2, 0.25) is 0 Å². The zero-order chi connectivity index (χ0) is 12.0. The molecule has 0 bridgehead atoms. The Kier molecular flexibility index (Phi) is 4.85. The zero-order valence-electron chi connectivity index (χ0n) is 8.82. The smallest absolute Gasteiger partial charge is 0.211 e. The van der Waals surface area contributed by atoms with E-state index >= 15 is 0 Å². The minimum atomic E-state index is -3.28. The van der Waals surface area contributed by atoms with Gasteiger partial charge >= 0.3 is 0 Å². The summed E-state index contributed by atoms with van der Waals surface area (Å²) in [6.45, 7) is 0.518. The van der Waals surface area contributed by atoms with E-state index in [9.17, 15) is 12.8 Å². The highest BCUT2D eigenvalue weighted by atomic mass is 32.2. The lowest BCUT2D eigenvalue weighted by Crippen LogP contribution is -2.27. The standard InChI is InChI=1S/C10H15FN2O2S/c11-10-4-2-9(3-5-10)8-13-16(14,15)7-1-6-12/h2-5,13H,1,6-8,12H2. The predicted octanol–water partition coefficient (Wildman–Crippen LogP) is 0.594. The fraction of sp³-hybridized carbons (Fsp3) is 0.400. The first-order chi connectivity index (χ1) is 7.53. The molecule has 0 amide bonds. The summed E-state index contributed by atoms with van der Waals surface area (Å²) in [5.74, 6) is -0.320. The molecule has 0 aliphatic heterocycles. The SMILES string of the molecule is NCCCS(=O)(=O)NCc1ccc(F)cc1. The lowest BCUT2D eigenvalue weighted by atomic mass is 10.2. The zero-order valence-corrected chi connectivity index (χ0v) is 9.63. The molecule has 1 aromatic carbocycles. The first-order valence-corrected chi connectivity index (χ1v) is 6.60. The second-order valence-corrected chi connectivity index (χ2v) is 5.34. The van der Waals surface area contributed by atoms with Gasteiger partial charge in [0, 0.05) is 6.54 Å². The highest BCUT2D eigenvalue weighted by Gasteiger charge is 2.08. The summed E-state index contributed by atoms with van der Waals surface area (Å²) in [6, 6.07) is 5.68. The van der Waals surface area contributed by atoms with Crippen LogP contribution < -0.4 is 10.5 Å². The second-order valence-electron chi connectivity index (χ2n) is 3.41. The van der Waals surface area contributed by atoms with Gasteiger partial charge in [0.25, 0.3) is 0 Å². The van der Waals surface area contributed by atoms with Crippen LogP contribution in [0.15, 0.2) is 24.3 Å². The van der Waals surface area contributed by atoms with Gasteiger partial charge in [0.05, 0.1) is 5.75 Å². The molecule has 0 saturated heterocycles. The fourth-order valence-corrected chi connectivity index (χ4v) is 2.22. The summed E-state index contributed by atoms with van der Waals surface area (Å²) in [6.07, 6.45) is 0.429. The monoisotopic (exact) mass is 246 g/mol. The number of halogens is 1. The molecule has 0 aliphatic carbocycles. The van der Waals surface area contributed by atoms with Crippen LogP contribution in [-0.4, -0.2) is 20.7 Å². The minimum absolute atomic E-state index is 0.0185. The summed E-state index contributed by atoms with van der Waals surface area (Å²) in [4.78, 5) is 0. The number of sulfonamides is 1. The first-order valence-electron chi connectivity index (χ1n) is 4.95. The van der Waals surface area contributed by atoms with E-state index in [-0.39, 0.29) is 18.1 Å². The molecule has 4 nitrogen and oxygen atoms in total. The molecule has 0 aromatic heterocycles. The van der Waals surface area contributed by atoms with Crippen molar-refractivity contribution in [1.29, 1.82) is 0 Å². The third-order valence-electron chi connectivity index (χ3n) is 2.03. The Morgan fingerprint density at radius 1 is 1.25 bits per heavy atom. The van der Waals surface area contributed by atoms with Gasteiger partial charge in [-0.05, 0) is 30.7 Å². The number of nitrogens with one attached hydrogen (secondary N) is 1. The van der Waals surface area contributed by atoms with Gasteiger partial charge in [0.1, 0.15) is 5.82 Å². The van der Waals surface area contributed by atoms with Crippen molar-refractivity contribution in [2.45, 2.75) is 13.0 Å². The molecular formula is C10H15FN2O2S. The van der Waals surface area contributed by atoms with Crippen molar-refractivity contribution < 1.29 is 12.8 Å². The van der Waals surface area contributed by atoms with Crippen molar-refractivity contribution in [3.8, 4) is 0 Å². The highest BCUT2D eigenvalue weighted by molar-refractivity contribution is 7.89. The third-order valence-corrected chi connectivity index (χ3v) is 3.44. The quantitative estimate of drug-likeness (QED) is 0.771. The van der Waals surface area contributed by atoms with E-state index < -0.39 is 10.0 Å². The fourth-order valence-electron chi connectivity index (χ4n) is 1.14. The molecule has 0 fully saturated rings. The Balaban J connectivity index is 2.48. The van der Waals surface area contributed by atoms with Gasteiger partial charge in [0.15, 0.2) is 0 Å². The molecule has 90 valence electrons. The van der Waals surface area contributed by atoms with E-state index in [1.54, 1.807) is 12.1 Å². The molecule has 0 heterocycles. The van der Waals surface area contributed by atoms with Crippen molar-refractivity contribution in [2.24, 2.45) is 5.73 Å². The average molecular weight is 246 g/mol. The average Bonchev–Trinajstić information content (AvgIpc) is 2.26. The molecule has 0 aliphatic rings. The van der Waals surface area contributed by atoms with E-state index in [4.69, 9.17) is 5.73 Å². The second kappa shape index (κ2) is 5.93. The van der Waals surface area contributed by atoms with Crippen molar-refractivity contribution in [1.82, 2.24) is 4.72 Å². The number of hydrogen-bond donors (Lipinski definition) is 2. The normalized spacial score (nSPS) is 11.6. The molecule has 6 heteroatoms. The maximum atomic E-state index is 12.6. The van der Waals surface area contributed by atoms with Crippen LogP contribution in [0.4, 0.5) is 4.39 Å². The summed E-state index contributed by atoms with van der Waals surface area (Å²) >= 11 is 0. The predicted molar refractivity (Wildman–Crippen MR) is 60.7 cm³/mol. The summed E-state index contributed by atoms with van der Waals surface area (Å²) in [5.41, 5.74) is 5.95. The van der Waals surface area contributed by atoms with Crippen LogP contribution in [0.1, 0.15) is 12.0 Å². The van der Waals surface area contributed by atoms with Crippen molar-refractivity contribution >= 4 is 10.0 Å². The first kappa shape index (κ1) is 13.1. The Hall–Kier alpha value is -0.980. The van der Waals surface area contributed by atoms with Crippen LogP contribution in [0.25, 0.3) is 0 Å². The van der Waals surface area contributed by atoms with E-state index in [1.807, 2.05) is 0 Å². The highest BCUT2D eigenvalue weighted by Crippen LogP contribution is 2.03. The van der Waals surface area contributed by atoms with Crippen LogP contribution in [-0.2, 0) is 16.6 Å². The largest absolute Gasteiger partial charge is 0.330 e. The van der Waals surface area contributed by atoms with Crippen molar-refractivity contribution in [2.75, 3.05) is 12.3 Å². The molecule has 0 unspecified atom stereocenters. The maximum Gasteiger partial charge on any atom is 0.211 e. The van der Waals surface area contributed by atoms with Crippen LogP contribution in [0.5, 0.6) is 0 Å². The van der Waals surface area contributed by atoms with Gasteiger partial charge in [-0.2, -0.15) is 0 Å². The van der Waals surface area contributed by atoms with Gasteiger partial charge in [-0.3, -0.25) is 0 Å². The van der Waals surface area contributed by atoms with Crippen molar-refractivity contribution in [3.05, 3.63) is 35.6 Å². The molecule has 1 aromatic rings. The molecule has 0 saturated carbocycles. The molecule has 1 rings (SSSR count). The molecular weight excluding hydrogens is 231 g/mol. The number of nitrogens with two attached hydrogens (primary N) is 1. The van der Waals surface area contributed by atoms with Crippen LogP contribution >= 0.6 is 0 Å². The molecule has 16 heavy (non-hydrogen) atoms. The van der Waals surface area contributed by atoms with E-state index in [1.165, 1.54) is 12.1 Å².